The molecule has 0 saturated heterocycles. The normalized spacial score (nSPS) is 18.3. The van der Waals surface area contributed by atoms with Crippen molar-refractivity contribution in [2.24, 2.45) is 10.9 Å². The van der Waals surface area contributed by atoms with E-state index in [9.17, 15) is 4.79 Å². The highest BCUT2D eigenvalue weighted by Crippen LogP contribution is 2.17. The average molecular weight is 294 g/mol. The van der Waals surface area contributed by atoms with Crippen molar-refractivity contribution < 1.29 is 4.79 Å². The van der Waals surface area contributed by atoms with Crippen LogP contribution < -0.4 is 10.6 Å². The van der Waals surface area contributed by atoms with Crippen LogP contribution in [0.15, 0.2) is 16.4 Å². The topological polar surface area (TPSA) is 56.7 Å². The lowest BCUT2D eigenvalue weighted by Gasteiger charge is -2.25. The molecular formula is C16H30N4O. The predicted octanol–water partition coefficient (Wildman–Crippen LogP) is 1.76. The molecule has 0 unspecified atom stereocenters. The molecule has 2 N–H and O–H groups in total. The number of carbonyl (C=O) groups excluding carboxylic acids is 1. The predicted molar refractivity (Wildman–Crippen MR) is 88.4 cm³/mol. The molecule has 1 heterocycles. The van der Waals surface area contributed by atoms with E-state index >= 15 is 0 Å². The van der Waals surface area contributed by atoms with Crippen molar-refractivity contribution in [1.29, 1.82) is 0 Å². The molecule has 0 aromatic carbocycles. The number of hydrogen-bond donors (Lipinski definition) is 2. The third kappa shape index (κ3) is 5.50. The summed E-state index contributed by atoms with van der Waals surface area (Å²) >= 11 is 0. The highest BCUT2D eigenvalue weighted by Gasteiger charge is 2.18. The molecule has 1 aliphatic rings. The van der Waals surface area contributed by atoms with E-state index in [0.29, 0.717) is 12.5 Å². The van der Waals surface area contributed by atoms with Crippen molar-refractivity contribution >= 4 is 12.1 Å². The zero-order chi connectivity index (χ0) is 15.8. The van der Waals surface area contributed by atoms with Crippen molar-refractivity contribution in [3.63, 3.8) is 0 Å². The maximum Gasteiger partial charge on any atom is 0.236 e. The van der Waals surface area contributed by atoms with Gasteiger partial charge in [0, 0.05) is 32.4 Å². The Bertz CT molecular complexity index is 401. The SMILES string of the molecule is CCC1=C(NC)N=C[C@@H](NCC(=O)N(CC)CC(C)C)C1. The van der Waals surface area contributed by atoms with Gasteiger partial charge in [-0.15, -0.1) is 0 Å². The molecule has 0 aromatic rings. The van der Waals surface area contributed by atoms with Gasteiger partial charge in [0.1, 0.15) is 5.82 Å². The number of aliphatic imine (C=N–C) groups is 1. The van der Waals surface area contributed by atoms with E-state index in [1.807, 2.05) is 25.1 Å². The third-order valence-electron chi connectivity index (χ3n) is 3.68. The lowest BCUT2D eigenvalue weighted by atomic mass is 10.0. The van der Waals surface area contributed by atoms with E-state index < -0.39 is 0 Å². The molecule has 0 fully saturated rings. The molecule has 0 saturated carbocycles. The van der Waals surface area contributed by atoms with Crippen LogP contribution in [0, 0.1) is 5.92 Å². The van der Waals surface area contributed by atoms with Crippen LogP contribution in [0.25, 0.3) is 0 Å². The Labute approximate surface area is 128 Å². The summed E-state index contributed by atoms with van der Waals surface area (Å²) in [5.74, 6) is 1.64. The summed E-state index contributed by atoms with van der Waals surface area (Å²) in [5.41, 5.74) is 1.31. The summed E-state index contributed by atoms with van der Waals surface area (Å²) in [6, 6.07) is 0.152. The maximum absolute atomic E-state index is 12.2. The van der Waals surface area contributed by atoms with Crippen LogP contribution >= 0.6 is 0 Å². The number of rotatable bonds is 8. The number of likely N-dealkylation sites (N-methyl/N-ethyl adjacent to an activating group) is 1. The van der Waals surface area contributed by atoms with E-state index in [-0.39, 0.29) is 11.9 Å². The van der Waals surface area contributed by atoms with Gasteiger partial charge in [0.15, 0.2) is 0 Å². The Balaban J connectivity index is 2.48. The minimum atomic E-state index is 0.152. The average Bonchev–Trinajstić information content (AvgIpc) is 2.49. The summed E-state index contributed by atoms with van der Waals surface area (Å²) in [7, 11) is 1.89. The van der Waals surface area contributed by atoms with E-state index in [2.05, 4.69) is 36.4 Å². The van der Waals surface area contributed by atoms with Gasteiger partial charge >= 0.3 is 0 Å². The molecule has 21 heavy (non-hydrogen) atoms. The number of nitrogens with zero attached hydrogens (tertiary/aromatic N) is 2. The van der Waals surface area contributed by atoms with Gasteiger partial charge < -0.3 is 15.5 Å². The highest BCUT2D eigenvalue weighted by atomic mass is 16.2. The van der Waals surface area contributed by atoms with Crippen LogP contribution in [-0.4, -0.2) is 49.7 Å². The molecule has 5 nitrogen and oxygen atoms in total. The van der Waals surface area contributed by atoms with Crippen molar-refractivity contribution in [3.8, 4) is 0 Å². The Morgan fingerprint density at radius 1 is 1.48 bits per heavy atom. The second kappa shape index (κ2) is 8.82. The zero-order valence-corrected chi connectivity index (χ0v) is 14.1. The van der Waals surface area contributed by atoms with Crippen LogP contribution in [0.2, 0.25) is 0 Å². The fourth-order valence-electron chi connectivity index (χ4n) is 2.53. The second-order valence-electron chi connectivity index (χ2n) is 5.85. The number of hydrogen-bond acceptors (Lipinski definition) is 4. The van der Waals surface area contributed by atoms with Crippen LogP contribution in [0.4, 0.5) is 0 Å². The van der Waals surface area contributed by atoms with Crippen molar-refractivity contribution in [2.45, 2.75) is 46.6 Å². The lowest BCUT2D eigenvalue weighted by molar-refractivity contribution is -0.130. The van der Waals surface area contributed by atoms with Crippen LogP contribution in [0.3, 0.4) is 0 Å². The van der Waals surface area contributed by atoms with E-state index in [1.165, 1.54) is 5.57 Å². The molecule has 0 spiro atoms. The Morgan fingerprint density at radius 2 is 2.19 bits per heavy atom. The smallest absolute Gasteiger partial charge is 0.236 e. The van der Waals surface area contributed by atoms with Gasteiger partial charge in [0.25, 0.3) is 0 Å². The van der Waals surface area contributed by atoms with Gasteiger partial charge in [-0.1, -0.05) is 20.8 Å². The van der Waals surface area contributed by atoms with Crippen molar-refractivity contribution in [3.05, 3.63) is 11.4 Å². The first-order valence-corrected chi connectivity index (χ1v) is 7.96. The van der Waals surface area contributed by atoms with Gasteiger partial charge in [0.2, 0.25) is 5.91 Å². The van der Waals surface area contributed by atoms with Gasteiger partial charge in [-0.25, -0.2) is 4.99 Å². The minimum absolute atomic E-state index is 0.152. The molecule has 0 radical (unpaired) electrons. The first-order chi connectivity index (χ1) is 10.0. The van der Waals surface area contributed by atoms with Crippen molar-refractivity contribution in [2.75, 3.05) is 26.7 Å². The summed E-state index contributed by atoms with van der Waals surface area (Å²) < 4.78 is 0. The van der Waals surface area contributed by atoms with Crippen LogP contribution in [0.5, 0.6) is 0 Å². The monoisotopic (exact) mass is 294 g/mol. The summed E-state index contributed by atoms with van der Waals surface area (Å²) in [4.78, 5) is 18.6. The van der Waals surface area contributed by atoms with Gasteiger partial charge in [0.05, 0.1) is 6.54 Å². The molecule has 120 valence electrons. The number of nitrogens with one attached hydrogen (secondary N) is 2. The second-order valence-corrected chi connectivity index (χ2v) is 5.85. The van der Waals surface area contributed by atoms with Crippen LogP contribution in [0.1, 0.15) is 40.5 Å². The number of amides is 1. The largest absolute Gasteiger partial charge is 0.373 e. The van der Waals surface area contributed by atoms with E-state index in [1.54, 1.807) is 0 Å². The molecule has 1 amide bonds. The highest BCUT2D eigenvalue weighted by molar-refractivity contribution is 5.79. The lowest BCUT2D eigenvalue weighted by Crippen LogP contribution is -2.44. The van der Waals surface area contributed by atoms with E-state index in [4.69, 9.17) is 0 Å². The summed E-state index contributed by atoms with van der Waals surface area (Å²) in [5, 5.41) is 6.43. The standard InChI is InChI=1S/C16H30N4O/c1-6-13-8-14(9-19-16(13)17-5)18-10-15(21)20(7-2)11-12(3)4/h9,12,14,17-18H,6-8,10-11H2,1-5H3/t14-/m0/s1. The van der Waals surface area contributed by atoms with Gasteiger partial charge in [-0.05, 0) is 31.3 Å². The Hall–Kier alpha value is -1.36. The first-order valence-electron chi connectivity index (χ1n) is 7.96. The Kier molecular flexibility index (Phi) is 7.43. The van der Waals surface area contributed by atoms with Gasteiger partial charge in [-0.2, -0.15) is 0 Å². The fraction of sp³-hybridized carbons (Fsp3) is 0.750. The third-order valence-corrected chi connectivity index (χ3v) is 3.68. The molecule has 5 heteroatoms. The molecule has 0 aliphatic carbocycles. The molecule has 1 atom stereocenters. The van der Waals surface area contributed by atoms with E-state index in [0.717, 1.165) is 31.8 Å². The molecule has 1 aliphatic heterocycles. The van der Waals surface area contributed by atoms with Crippen molar-refractivity contribution in [1.82, 2.24) is 15.5 Å². The minimum Gasteiger partial charge on any atom is -0.373 e. The molecule has 1 rings (SSSR count). The molecule has 0 bridgehead atoms. The fourth-order valence-corrected chi connectivity index (χ4v) is 2.53. The summed E-state index contributed by atoms with van der Waals surface area (Å²) in [6.45, 7) is 10.4. The zero-order valence-electron chi connectivity index (χ0n) is 14.1. The summed E-state index contributed by atoms with van der Waals surface area (Å²) in [6.07, 6.45) is 3.80. The Morgan fingerprint density at radius 3 is 2.71 bits per heavy atom. The number of carbonyl (C=O) groups is 1. The molecular weight excluding hydrogens is 264 g/mol. The van der Waals surface area contributed by atoms with Gasteiger partial charge in [-0.3, -0.25) is 4.79 Å². The molecule has 0 aromatic heterocycles. The first kappa shape index (κ1) is 17.7. The maximum atomic E-state index is 12.2. The quantitative estimate of drug-likeness (QED) is 0.717. The van der Waals surface area contributed by atoms with Crippen LogP contribution in [-0.2, 0) is 4.79 Å².